The van der Waals surface area contributed by atoms with Crippen molar-refractivity contribution < 1.29 is 0 Å². The number of nitrogens with zero attached hydrogens (tertiary/aromatic N) is 2. The fraction of sp³-hybridized carbons (Fsp3) is 0.467. The molecule has 0 aliphatic carbocycles. The zero-order valence-corrected chi connectivity index (χ0v) is 12.6. The van der Waals surface area contributed by atoms with Gasteiger partial charge in [-0.2, -0.15) is 0 Å². The highest BCUT2D eigenvalue weighted by Gasteiger charge is 2.14. The molecule has 0 aliphatic heterocycles. The van der Waals surface area contributed by atoms with Crippen molar-refractivity contribution in [2.24, 2.45) is 0 Å². The fourth-order valence-corrected chi connectivity index (χ4v) is 2.89. The summed E-state index contributed by atoms with van der Waals surface area (Å²) in [5, 5.41) is 6.90. The van der Waals surface area contributed by atoms with Gasteiger partial charge in [0.1, 0.15) is 0 Å². The Balaban J connectivity index is 2.15. The van der Waals surface area contributed by atoms with Gasteiger partial charge in [-0.05, 0) is 37.9 Å². The molecule has 0 aromatic carbocycles. The molecule has 0 amide bonds. The molecule has 0 spiro atoms. The molecule has 0 saturated carbocycles. The molecule has 2 rings (SSSR count). The van der Waals surface area contributed by atoms with E-state index in [2.05, 4.69) is 40.6 Å². The maximum atomic E-state index is 4.56. The van der Waals surface area contributed by atoms with Gasteiger partial charge in [0.05, 0.1) is 5.01 Å². The molecule has 2 heterocycles. The minimum atomic E-state index is 0.304. The van der Waals surface area contributed by atoms with Gasteiger partial charge in [0.25, 0.3) is 0 Å². The predicted molar refractivity (Wildman–Crippen MR) is 80.6 cm³/mol. The fourth-order valence-electron chi connectivity index (χ4n) is 2.07. The molecule has 1 atom stereocenters. The minimum absolute atomic E-state index is 0.304. The minimum Gasteiger partial charge on any atom is -0.310 e. The lowest BCUT2D eigenvalue weighted by atomic mass is 10.0. The SMILES string of the molecule is CCCNC(Cc1nc(C)cs1)c1cncc(C)c1. The number of nitrogens with one attached hydrogen (secondary N) is 1. The van der Waals surface area contributed by atoms with Crippen molar-refractivity contribution in [2.45, 2.75) is 39.7 Å². The maximum absolute atomic E-state index is 4.56. The first-order valence-electron chi connectivity index (χ1n) is 6.75. The van der Waals surface area contributed by atoms with Crippen molar-refractivity contribution >= 4 is 11.3 Å². The average Bonchev–Trinajstić information content (AvgIpc) is 2.80. The number of hydrogen-bond donors (Lipinski definition) is 1. The number of aromatic nitrogens is 2. The van der Waals surface area contributed by atoms with E-state index in [4.69, 9.17) is 0 Å². The van der Waals surface area contributed by atoms with E-state index in [1.165, 1.54) is 16.1 Å². The molecule has 0 radical (unpaired) electrons. The van der Waals surface area contributed by atoms with Crippen LogP contribution in [-0.4, -0.2) is 16.5 Å². The molecule has 3 nitrogen and oxygen atoms in total. The molecule has 102 valence electrons. The van der Waals surface area contributed by atoms with Gasteiger partial charge in [-0.1, -0.05) is 13.0 Å². The van der Waals surface area contributed by atoms with E-state index < -0.39 is 0 Å². The molecule has 0 saturated heterocycles. The van der Waals surface area contributed by atoms with Crippen LogP contribution < -0.4 is 5.32 Å². The molecule has 2 aromatic heterocycles. The first-order valence-corrected chi connectivity index (χ1v) is 7.63. The van der Waals surface area contributed by atoms with Crippen LogP contribution in [0.1, 0.15) is 41.2 Å². The zero-order chi connectivity index (χ0) is 13.7. The van der Waals surface area contributed by atoms with Crippen molar-refractivity contribution in [1.29, 1.82) is 0 Å². The lowest BCUT2D eigenvalue weighted by molar-refractivity contribution is 0.526. The number of aryl methyl sites for hydroxylation is 2. The summed E-state index contributed by atoms with van der Waals surface area (Å²) in [6.45, 7) is 7.33. The normalized spacial score (nSPS) is 12.6. The van der Waals surface area contributed by atoms with Crippen molar-refractivity contribution in [2.75, 3.05) is 6.54 Å². The highest BCUT2D eigenvalue weighted by Crippen LogP contribution is 2.21. The van der Waals surface area contributed by atoms with Crippen molar-refractivity contribution in [3.8, 4) is 0 Å². The summed E-state index contributed by atoms with van der Waals surface area (Å²) in [7, 11) is 0. The highest BCUT2D eigenvalue weighted by atomic mass is 32.1. The zero-order valence-electron chi connectivity index (χ0n) is 11.8. The molecule has 0 bridgehead atoms. The standard InChI is InChI=1S/C15H21N3S/c1-4-5-17-14(7-15-18-12(3)10-19-15)13-6-11(2)8-16-9-13/h6,8-10,14,17H,4-5,7H2,1-3H3. The second-order valence-electron chi connectivity index (χ2n) is 4.89. The lowest BCUT2D eigenvalue weighted by Crippen LogP contribution is -2.24. The number of pyridine rings is 1. The summed E-state index contributed by atoms with van der Waals surface area (Å²) in [5.74, 6) is 0. The van der Waals surface area contributed by atoms with Crippen LogP contribution in [0.4, 0.5) is 0 Å². The molecular formula is C15H21N3S. The Morgan fingerprint density at radius 2 is 2.16 bits per heavy atom. The molecule has 2 aromatic rings. The first kappa shape index (κ1) is 14.2. The van der Waals surface area contributed by atoms with E-state index in [0.717, 1.165) is 25.1 Å². The van der Waals surface area contributed by atoms with Crippen LogP contribution >= 0.6 is 11.3 Å². The third-order valence-electron chi connectivity index (χ3n) is 2.98. The summed E-state index contributed by atoms with van der Waals surface area (Å²) in [4.78, 5) is 8.87. The molecule has 19 heavy (non-hydrogen) atoms. The van der Waals surface area contributed by atoms with Gasteiger partial charge in [-0.25, -0.2) is 4.98 Å². The summed E-state index contributed by atoms with van der Waals surface area (Å²) >= 11 is 1.74. The van der Waals surface area contributed by atoms with Gasteiger partial charge < -0.3 is 5.32 Å². The lowest BCUT2D eigenvalue weighted by Gasteiger charge is -2.18. The Labute approximate surface area is 119 Å². The van der Waals surface area contributed by atoms with Crippen molar-refractivity contribution in [3.05, 3.63) is 45.7 Å². The number of rotatable bonds is 6. The van der Waals surface area contributed by atoms with Crippen LogP contribution in [0.25, 0.3) is 0 Å². The largest absolute Gasteiger partial charge is 0.310 e. The van der Waals surface area contributed by atoms with Gasteiger partial charge in [0.2, 0.25) is 0 Å². The summed E-state index contributed by atoms with van der Waals surface area (Å²) < 4.78 is 0. The summed E-state index contributed by atoms with van der Waals surface area (Å²) in [6, 6.07) is 2.51. The molecule has 0 fully saturated rings. The van der Waals surface area contributed by atoms with Crippen LogP contribution in [0.5, 0.6) is 0 Å². The van der Waals surface area contributed by atoms with Crippen molar-refractivity contribution in [1.82, 2.24) is 15.3 Å². The summed E-state index contributed by atoms with van der Waals surface area (Å²) in [5.41, 5.74) is 3.56. The molecule has 4 heteroatoms. The smallest absolute Gasteiger partial charge is 0.0947 e. The van der Waals surface area contributed by atoms with Crippen molar-refractivity contribution in [3.63, 3.8) is 0 Å². The van der Waals surface area contributed by atoms with Crippen LogP contribution in [0.3, 0.4) is 0 Å². The van der Waals surface area contributed by atoms with Gasteiger partial charge in [-0.15, -0.1) is 11.3 Å². The maximum Gasteiger partial charge on any atom is 0.0947 e. The topological polar surface area (TPSA) is 37.8 Å². The Kier molecular flexibility index (Phi) is 5.05. The molecule has 1 N–H and O–H groups in total. The van der Waals surface area contributed by atoms with E-state index in [0.29, 0.717) is 6.04 Å². The Hall–Kier alpha value is -1.26. The van der Waals surface area contributed by atoms with E-state index >= 15 is 0 Å². The predicted octanol–water partition coefficient (Wildman–Crippen LogP) is 3.44. The highest BCUT2D eigenvalue weighted by molar-refractivity contribution is 7.09. The van der Waals surface area contributed by atoms with E-state index in [9.17, 15) is 0 Å². The third kappa shape index (κ3) is 4.11. The van der Waals surface area contributed by atoms with E-state index in [1.807, 2.05) is 19.3 Å². The van der Waals surface area contributed by atoms with Gasteiger partial charge in [0.15, 0.2) is 0 Å². The van der Waals surface area contributed by atoms with Crippen LogP contribution in [0, 0.1) is 13.8 Å². The van der Waals surface area contributed by atoms with Gasteiger partial charge in [-0.3, -0.25) is 4.98 Å². The number of hydrogen-bond acceptors (Lipinski definition) is 4. The average molecular weight is 275 g/mol. The van der Waals surface area contributed by atoms with E-state index in [1.54, 1.807) is 11.3 Å². The Bertz CT molecular complexity index is 522. The van der Waals surface area contributed by atoms with Crippen LogP contribution in [0.15, 0.2) is 23.8 Å². The third-order valence-corrected chi connectivity index (χ3v) is 3.97. The molecule has 0 aliphatic rings. The first-order chi connectivity index (χ1) is 9.19. The Morgan fingerprint density at radius 3 is 2.79 bits per heavy atom. The second-order valence-corrected chi connectivity index (χ2v) is 5.83. The monoisotopic (exact) mass is 275 g/mol. The molecular weight excluding hydrogens is 254 g/mol. The molecule has 1 unspecified atom stereocenters. The number of thiazole rings is 1. The van der Waals surface area contributed by atoms with Crippen LogP contribution in [-0.2, 0) is 6.42 Å². The van der Waals surface area contributed by atoms with Crippen LogP contribution in [0.2, 0.25) is 0 Å². The quantitative estimate of drug-likeness (QED) is 0.877. The second kappa shape index (κ2) is 6.78. The van der Waals surface area contributed by atoms with Gasteiger partial charge >= 0.3 is 0 Å². The Morgan fingerprint density at radius 1 is 1.32 bits per heavy atom. The van der Waals surface area contributed by atoms with Gasteiger partial charge in [0, 0.05) is 35.9 Å². The summed E-state index contributed by atoms with van der Waals surface area (Å²) in [6.07, 6.45) is 5.92. The van der Waals surface area contributed by atoms with E-state index in [-0.39, 0.29) is 0 Å².